The minimum Gasteiger partial charge on any atom is -0.497 e. The summed E-state index contributed by atoms with van der Waals surface area (Å²) in [5, 5.41) is 2.89. The Labute approximate surface area is 199 Å². The second kappa shape index (κ2) is 10.7. The van der Waals surface area contributed by atoms with E-state index in [-0.39, 0.29) is 24.8 Å². The molecule has 1 aliphatic rings. The van der Waals surface area contributed by atoms with Crippen molar-refractivity contribution in [3.05, 3.63) is 78.0 Å². The van der Waals surface area contributed by atoms with E-state index in [0.717, 1.165) is 30.6 Å². The van der Waals surface area contributed by atoms with Gasteiger partial charge in [-0.15, -0.1) is 0 Å². The third-order valence-electron chi connectivity index (χ3n) is 5.68. The van der Waals surface area contributed by atoms with Gasteiger partial charge in [0.1, 0.15) is 18.0 Å². The summed E-state index contributed by atoms with van der Waals surface area (Å²) in [6.07, 6.45) is 4.95. The average Bonchev–Trinajstić information content (AvgIpc) is 3.00. The highest BCUT2D eigenvalue weighted by Crippen LogP contribution is 2.31. The van der Waals surface area contributed by atoms with E-state index >= 15 is 0 Å². The van der Waals surface area contributed by atoms with Crippen molar-refractivity contribution in [3.63, 3.8) is 0 Å². The number of anilines is 2. The Morgan fingerprint density at radius 3 is 2.56 bits per heavy atom. The molecular formula is C27H28N4O3. The standard InChI is InChI=1S/C27H28N4O3/c1-3-4-6-19-8-12-21(13-9-19)29-25(32)18-31-26(33)17-24(20-10-14-22(34-2)15-11-20)30-23-7-5-16-28-27(23)31/h5,7-16H,3-4,6,17-18H2,1-2H3,(H,29,32). The minimum atomic E-state index is -0.292. The van der Waals surface area contributed by atoms with Crippen molar-refractivity contribution in [1.82, 2.24) is 4.98 Å². The number of aliphatic imine (C=N–C) groups is 1. The van der Waals surface area contributed by atoms with Gasteiger partial charge in [-0.2, -0.15) is 0 Å². The van der Waals surface area contributed by atoms with Crippen molar-refractivity contribution >= 4 is 34.7 Å². The normalized spacial score (nSPS) is 13.1. The number of amides is 2. The predicted molar refractivity (Wildman–Crippen MR) is 134 cm³/mol. The van der Waals surface area contributed by atoms with Crippen LogP contribution in [0.15, 0.2) is 71.9 Å². The van der Waals surface area contributed by atoms with Gasteiger partial charge >= 0.3 is 0 Å². The van der Waals surface area contributed by atoms with E-state index in [1.807, 2.05) is 48.5 Å². The smallest absolute Gasteiger partial charge is 0.244 e. The van der Waals surface area contributed by atoms with Crippen LogP contribution in [0.2, 0.25) is 0 Å². The van der Waals surface area contributed by atoms with E-state index in [0.29, 0.717) is 22.9 Å². The largest absolute Gasteiger partial charge is 0.497 e. The maximum Gasteiger partial charge on any atom is 0.244 e. The Bertz CT molecular complexity index is 1190. The lowest BCUT2D eigenvalue weighted by atomic mass is 10.1. The molecule has 4 rings (SSSR count). The first-order valence-electron chi connectivity index (χ1n) is 11.4. The molecule has 2 amide bonds. The molecule has 1 aromatic heterocycles. The molecular weight excluding hydrogens is 428 g/mol. The molecule has 0 unspecified atom stereocenters. The zero-order chi connectivity index (χ0) is 23.9. The summed E-state index contributed by atoms with van der Waals surface area (Å²) >= 11 is 0. The van der Waals surface area contributed by atoms with E-state index in [1.165, 1.54) is 10.5 Å². The van der Waals surface area contributed by atoms with Gasteiger partial charge in [-0.3, -0.25) is 14.5 Å². The number of methoxy groups -OCH3 is 1. The van der Waals surface area contributed by atoms with Gasteiger partial charge in [0.2, 0.25) is 11.8 Å². The first kappa shape index (κ1) is 23.2. The molecule has 1 N–H and O–H groups in total. The highest BCUT2D eigenvalue weighted by Gasteiger charge is 2.27. The van der Waals surface area contributed by atoms with Crippen LogP contribution in [-0.4, -0.2) is 36.2 Å². The topological polar surface area (TPSA) is 83.9 Å². The van der Waals surface area contributed by atoms with Crippen LogP contribution in [0.25, 0.3) is 0 Å². The number of unbranched alkanes of at least 4 members (excludes halogenated alkanes) is 1. The Balaban J connectivity index is 1.51. The lowest BCUT2D eigenvalue weighted by Gasteiger charge is -2.20. The van der Waals surface area contributed by atoms with Crippen LogP contribution >= 0.6 is 0 Å². The van der Waals surface area contributed by atoms with Gasteiger partial charge in [-0.1, -0.05) is 25.5 Å². The van der Waals surface area contributed by atoms with Gasteiger partial charge in [-0.05, 0) is 72.5 Å². The number of hydrogen-bond donors (Lipinski definition) is 1. The molecule has 7 heteroatoms. The van der Waals surface area contributed by atoms with Gasteiger partial charge in [0.15, 0.2) is 5.82 Å². The molecule has 3 aromatic rings. The first-order valence-corrected chi connectivity index (χ1v) is 11.4. The highest BCUT2D eigenvalue weighted by molar-refractivity contribution is 6.18. The fraction of sp³-hybridized carbons (Fsp3) is 0.259. The van der Waals surface area contributed by atoms with Crippen molar-refractivity contribution in [1.29, 1.82) is 0 Å². The number of carbonyl (C=O) groups is 2. The maximum atomic E-state index is 13.2. The van der Waals surface area contributed by atoms with Gasteiger partial charge in [-0.25, -0.2) is 9.98 Å². The quantitative estimate of drug-likeness (QED) is 0.521. The second-order valence-electron chi connectivity index (χ2n) is 8.14. The summed E-state index contributed by atoms with van der Waals surface area (Å²) in [7, 11) is 1.60. The molecule has 0 aliphatic carbocycles. The van der Waals surface area contributed by atoms with E-state index in [9.17, 15) is 9.59 Å². The van der Waals surface area contributed by atoms with Gasteiger partial charge in [0.05, 0.1) is 19.2 Å². The minimum absolute atomic E-state index is 0.0576. The fourth-order valence-corrected chi connectivity index (χ4v) is 3.82. The number of ether oxygens (including phenoxy) is 1. The number of carbonyl (C=O) groups excluding carboxylic acids is 2. The SMILES string of the molecule is CCCCc1ccc(NC(=O)CN2C(=O)CC(c3ccc(OC)cc3)=Nc3cccnc32)cc1. The summed E-state index contributed by atoms with van der Waals surface area (Å²) in [6, 6.07) is 18.8. The molecule has 0 bridgehead atoms. The maximum absolute atomic E-state index is 13.2. The molecule has 7 nitrogen and oxygen atoms in total. The molecule has 0 atom stereocenters. The third kappa shape index (κ3) is 5.49. The Morgan fingerprint density at radius 1 is 1.09 bits per heavy atom. The molecule has 1 aliphatic heterocycles. The summed E-state index contributed by atoms with van der Waals surface area (Å²) in [5.41, 5.74) is 3.92. The number of nitrogens with zero attached hydrogens (tertiary/aromatic N) is 3. The zero-order valence-corrected chi connectivity index (χ0v) is 19.5. The molecule has 0 fully saturated rings. The van der Waals surface area contributed by atoms with Crippen molar-refractivity contribution in [2.24, 2.45) is 4.99 Å². The molecule has 0 saturated carbocycles. The van der Waals surface area contributed by atoms with Crippen molar-refractivity contribution in [2.45, 2.75) is 32.6 Å². The van der Waals surface area contributed by atoms with E-state index < -0.39 is 0 Å². The van der Waals surface area contributed by atoms with Crippen molar-refractivity contribution < 1.29 is 14.3 Å². The molecule has 0 spiro atoms. The monoisotopic (exact) mass is 456 g/mol. The van der Waals surface area contributed by atoms with Gasteiger partial charge in [0, 0.05) is 11.9 Å². The number of pyridine rings is 1. The summed E-state index contributed by atoms with van der Waals surface area (Å²) in [5.74, 6) is 0.570. The van der Waals surface area contributed by atoms with Crippen LogP contribution in [0.1, 0.15) is 37.3 Å². The average molecular weight is 457 g/mol. The highest BCUT2D eigenvalue weighted by atomic mass is 16.5. The van der Waals surface area contributed by atoms with Crippen LogP contribution in [0, 0.1) is 0 Å². The molecule has 0 radical (unpaired) electrons. The summed E-state index contributed by atoms with van der Waals surface area (Å²) < 4.78 is 5.22. The molecule has 0 saturated heterocycles. The molecule has 174 valence electrons. The Kier molecular flexibility index (Phi) is 7.32. The van der Waals surface area contributed by atoms with E-state index in [1.54, 1.807) is 25.4 Å². The van der Waals surface area contributed by atoms with Crippen LogP contribution in [-0.2, 0) is 16.0 Å². The van der Waals surface area contributed by atoms with Crippen LogP contribution in [0.4, 0.5) is 17.2 Å². The zero-order valence-electron chi connectivity index (χ0n) is 19.5. The number of aromatic nitrogens is 1. The van der Waals surface area contributed by atoms with Crippen molar-refractivity contribution in [2.75, 3.05) is 23.9 Å². The number of benzene rings is 2. The second-order valence-corrected chi connectivity index (χ2v) is 8.14. The number of nitrogens with one attached hydrogen (secondary N) is 1. The fourth-order valence-electron chi connectivity index (χ4n) is 3.82. The first-order chi connectivity index (χ1) is 16.6. The lowest BCUT2D eigenvalue weighted by Crippen LogP contribution is -2.38. The summed E-state index contributed by atoms with van der Waals surface area (Å²) in [4.78, 5) is 36.5. The van der Waals surface area contributed by atoms with Crippen LogP contribution < -0.4 is 15.0 Å². The van der Waals surface area contributed by atoms with Crippen molar-refractivity contribution in [3.8, 4) is 5.75 Å². The number of fused-ring (bicyclic) bond motifs is 1. The number of rotatable bonds is 8. The lowest BCUT2D eigenvalue weighted by molar-refractivity contribution is -0.120. The van der Waals surface area contributed by atoms with E-state index in [4.69, 9.17) is 9.73 Å². The van der Waals surface area contributed by atoms with E-state index in [2.05, 4.69) is 17.2 Å². The molecule has 34 heavy (non-hydrogen) atoms. The van der Waals surface area contributed by atoms with Gasteiger partial charge in [0.25, 0.3) is 0 Å². The Morgan fingerprint density at radius 2 is 1.85 bits per heavy atom. The predicted octanol–water partition coefficient (Wildman–Crippen LogP) is 4.93. The number of hydrogen-bond acceptors (Lipinski definition) is 5. The molecule has 2 heterocycles. The van der Waals surface area contributed by atoms with Gasteiger partial charge < -0.3 is 10.1 Å². The summed E-state index contributed by atoms with van der Waals surface area (Å²) in [6.45, 7) is 2.02. The Hall–Kier alpha value is -4.00. The van der Waals surface area contributed by atoms with Crippen LogP contribution in [0.5, 0.6) is 5.75 Å². The number of aryl methyl sites for hydroxylation is 1. The third-order valence-corrected chi connectivity index (χ3v) is 5.68. The molecule has 2 aromatic carbocycles. The van der Waals surface area contributed by atoms with Crippen LogP contribution in [0.3, 0.4) is 0 Å².